The first-order chi connectivity index (χ1) is 7.34. The average molecular weight is 218 g/mol. The van der Waals surface area contributed by atoms with Crippen molar-refractivity contribution in [3.05, 3.63) is 42.5 Å². The van der Waals surface area contributed by atoms with Crippen LogP contribution in [0, 0.1) is 11.8 Å². The molecule has 4 atom stereocenters. The summed E-state index contributed by atoms with van der Waals surface area (Å²) >= 11 is 0. The van der Waals surface area contributed by atoms with Crippen LogP contribution in [0.25, 0.3) is 0 Å². The largest absolute Gasteiger partial charge is 0.254 e. The Labute approximate surface area is 92.7 Å². The summed E-state index contributed by atoms with van der Waals surface area (Å²) < 4.78 is 12.3. The molecule has 2 aliphatic carbocycles. The quantitative estimate of drug-likeness (QED) is 0.698. The van der Waals surface area contributed by atoms with Gasteiger partial charge >= 0.3 is 0 Å². The second-order valence-electron chi connectivity index (χ2n) is 4.43. The van der Waals surface area contributed by atoms with E-state index >= 15 is 0 Å². The van der Waals surface area contributed by atoms with Gasteiger partial charge in [-0.25, -0.2) is 0 Å². The zero-order valence-corrected chi connectivity index (χ0v) is 9.32. The molecule has 1 aromatic carbocycles. The summed E-state index contributed by atoms with van der Waals surface area (Å²) in [5, 5.41) is 0.363. The SMILES string of the molecule is O=[S@@](c1ccccc1)[C@@H]1C[C@@H]2C=C[C@H]1C2. The Morgan fingerprint density at radius 2 is 1.87 bits per heavy atom. The summed E-state index contributed by atoms with van der Waals surface area (Å²) in [6, 6.07) is 9.87. The zero-order chi connectivity index (χ0) is 10.3. The molecule has 1 saturated carbocycles. The summed E-state index contributed by atoms with van der Waals surface area (Å²) in [7, 11) is -0.810. The van der Waals surface area contributed by atoms with Crippen LogP contribution >= 0.6 is 0 Å². The van der Waals surface area contributed by atoms with E-state index < -0.39 is 10.8 Å². The molecule has 0 aliphatic heterocycles. The van der Waals surface area contributed by atoms with Crippen molar-refractivity contribution in [3.8, 4) is 0 Å². The van der Waals surface area contributed by atoms with E-state index in [1.165, 1.54) is 6.42 Å². The maximum Gasteiger partial charge on any atom is 0.0567 e. The molecule has 0 N–H and O–H groups in total. The van der Waals surface area contributed by atoms with Crippen molar-refractivity contribution in [1.82, 2.24) is 0 Å². The molecule has 0 amide bonds. The van der Waals surface area contributed by atoms with Crippen molar-refractivity contribution in [2.24, 2.45) is 11.8 Å². The van der Waals surface area contributed by atoms with Crippen LogP contribution in [0.2, 0.25) is 0 Å². The minimum atomic E-state index is -0.810. The lowest BCUT2D eigenvalue weighted by atomic mass is 10.1. The van der Waals surface area contributed by atoms with E-state index in [0.717, 1.165) is 11.3 Å². The molecule has 1 nitrogen and oxygen atoms in total. The first-order valence-electron chi connectivity index (χ1n) is 5.48. The van der Waals surface area contributed by atoms with Gasteiger partial charge in [0.15, 0.2) is 0 Å². The molecule has 0 aromatic heterocycles. The van der Waals surface area contributed by atoms with Gasteiger partial charge in [-0.2, -0.15) is 0 Å². The zero-order valence-electron chi connectivity index (χ0n) is 8.50. The Balaban J connectivity index is 1.85. The third kappa shape index (κ3) is 1.57. The molecule has 1 aromatic rings. The van der Waals surface area contributed by atoms with Gasteiger partial charge in [-0.1, -0.05) is 30.4 Å². The first-order valence-corrected chi connectivity index (χ1v) is 6.70. The van der Waals surface area contributed by atoms with E-state index in [2.05, 4.69) is 12.2 Å². The van der Waals surface area contributed by atoms with Crippen LogP contribution in [0.15, 0.2) is 47.4 Å². The van der Waals surface area contributed by atoms with E-state index in [9.17, 15) is 4.21 Å². The number of hydrogen-bond acceptors (Lipinski definition) is 1. The van der Waals surface area contributed by atoms with Gasteiger partial charge in [0.25, 0.3) is 0 Å². The van der Waals surface area contributed by atoms with Gasteiger partial charge in [-0.15, -0.1) is 0 Å². The molecule has 2 heteroatoms. The summed E-state index contributed by atoms with van der Waals surface area (Å²) in [5.74, 6) is 1.27. The molecule has 78 valence electrons. The first kappa shape index (κ1) is 9.34. The van der Waals surface area contributed by atoms with Crippen LogP contribution in [-0.4, -0.2) is 9.46 Å². The van der Waals surface area contributed by atoms with Crippen LogP contribution in [0.5, 0.6) is 0 Å². The Morgan fingerprint density at radius 3 is 2.47 bits per heavy atom. The second kappa shape index (κ2) is 3.60. The Hall–Kier alpha value is -0.890. The van der Waals surface area contributed by atoms with Gasteiger partial charge in [-0.3, -0.25) is 4.21 Å². The third-order valence-electron chi connectivity index (χ3n) is 3.47. The second-order valence-corrected chi connectivity index (χ2v) is 6.10. The highest BCUT2D eigenvalue weighted by Gasteiger charge is 2.39. The van der Waals surface area contributed by atoms with Gasteiger partial charge in [-0.05, 0) is 36.8 Å². The molecule has 2 aliphatic rings. The molecule has 0 heterocycles. The number of benzene rings is 1. The molecule has 1 fully saturated rings. The fourth-order valence-corrected chi connectivity index (χ4v) is 4.42. The Bertz CT molecular complexity index is 410. The molecular weight excluding hydrogens is 204 g/mol. The van der Waals surface area contributed by atoms with Crippen molar-refractivity contribution >= 4 is 10.8 Å². The number of fused-ring (bicyclic) bond motifs is 2. The van der Waals surface area contributed by atoms with E-state index in [1.807, 2.05) is 30.3 Å². The summed E-state index contributed by atoms with van der Waals surface area (Å²) in [5.41, 5.74) is 0. The predicted octanol–water partition coefficient (Wildman–Crippen LogP) is 2.76. The average Bonchev–Trinajstić information content (AvgIpc) is 2.91. The minimum Gasteiger partial charge on any atom is -0.254 e. The lowest BCUT2D eigenvalue weighted by molar-refractivity contribution is 0.641. The predicted molar refractivity (Wildman–Crippen MR) is 62.0 cm³/mol. The maximum atomic E-state index is 12.3. The highest BCUT2D eigenvalue weighted by molar-refractivity contribution is 7.85. The maximum absolute atomic E-state index is 12.3. The standard InChI is InChI=1S/C13H14OS/c14-15(12-4-2-1-3-5-12)13-9-10-6-7-11(13)8-10/h1-7,10-11,13H,8-9H2/t10-,11+,13-,15+/m1/s1. The van der Waals surface area contributed by atoms with Crippen LogP contribution in [0.4, 0.5) is 0 Å². The van der Waals surface area contributed by atoms with Gasteiger partial charge in [0.05, 0.1) is 10.8 Å². The van der Waals surface area contributed by atoms with Gasteiger partial charge in [0.2, 0.25) is 0 Å². The van der Waals surface area contributed by atoms with Gasteiger partial charge in [0.1, 0.15) is 0 Å². The number of hydrogen-bond donors (Lipinski definition) is 0. The fraction of sp³-hybridized carbons (Fsp3) is 0.385. The highest BCUT2D eigenvalue weighted by atomic mass is 32.2. The normalized spacial score (nSPS) is 34.5. The van der Waals surface area contributed by atoms with Crippen molar-refractivity contribution in [1.29, 1.82) is 0 Å². The van der Waals surface area contributed by atoms with Crippen molar-refractivity contribution in [3.63, 3.8) is 0 Å². The highest BCUT2D eigenvalue weighted by Crippen LogP contribution is 2.42. The minimum absolute atomic E-state index is 0.363. The van der Waals surface area contributed by atoms with E-state index in [1.54, 1.807) is 0 Å². The molecule has 15 heavy (non-hydrogen) atoms. The Kier molecular flexibility index (Phi) is 2.24. The van der Waals surface area contributed by atoms with E-state index in [0.29, 0.717) is 17.1 Å². The summed E-state index contributed by atoms with van der Waals surface area (Å²) in [4.78, 5) is 0.989. The molecule has 0 saturated heterocycles. The summed E-state index contributed by atoms with van der Waals surface area (Å²) in [6.45, 7) is 0. The molecular formula is C13H14OS. The molecule has 0 unspecified atom stereocenters. The van der Waals surface area contributed by atoms with Crippen LogP contribution in [0.3, 0.4) is 0 Å². The van der Waals surface area contributed by atoms with Crippen LogP contribution in [-0.2, 0) is 10.8 Å². The van der Waals surface area contributed by atoms with Gasteiger partial charge < -0.3 is 0 Å². The number of rotatable bonds is 2. The lowest BCUT2D eigenvalue weighted by Crippen LogP contribution is -2.20. The van der Waals surface area contributed by atoms with E-state index in [4.69, 9.17) is 0 Å². The van der Waals surface area contributed by atoms with Crippen LogP contribution in [0.1, 0.15) is 12.8 Å². The monoisotopic (exact) mass is 218 g/mol. The Morgan fingerprint density at radius 1 is 1.07 bits per heavy atom. The van der Waals surface area contributed by atoms with Crippen molar-refractivity contribution < 1.29 is 4.21 Å². The molecule has 0 radical (unpaired) electrons. The van der Waals surface area contributed by atoms with Crippen LogP contribution < -0.4 is 0 Å². The number of allylic oxidation sites excluding steroid dienone is 2. The smallest absolute Gasteiger partial charge is 0.0567 e. The van der Waals surface area contributed by atoms with E-state index in [-0.39, 0.29) is 0 Å². The topological polar surface area (TPSA) is 17.1 Å². The van der Waals surface area contributed by atoms with Crippen molar-refractivity contribution in [2.45, 2.75) is 23.0 Å². The lowest BCUT2D eigenvalue weighted by Gasteiger charge is -2.17. The third-order valence-corrected chi connectivity index (χ3v) is 5.30. The fourth-order valence-electron chi connectivity index (χ4n) is 2.71. The molecule has 0 spiro atoms. The molecule has 3 rings (SSSR count). The van der Waals surface area contributed by atoms with Gasteiger partial charge in [0, 0.05) is 10.1 Å². The molecule has 2 bridgehead atoms. The van der Waals surface area contributed by atoms with Crippen molar-refractivity contribution in [2.75, 3.05) is 0 Å². The summed E-state index contributed by atoms with van der Waals surface area (Å²) in [6.07, 6.45) is 6.90.